The van der Waals surface area contributed by atoms with Crippen LogP contribution in [0, 0.1) is 0 Å². The zero-order valence-electron chi connectivity index (χ0n) is 9.70. The summed E-state index contributed by atoms with van der Waals surface area (Å²) in [6.45, 7) is 0.966. The number of anilines is 1. The average molecular weight is 278 g/mol. The van der Waals surface area contributed by atoms with Crippen LogP contribution in [-0.4, -0.2) is 12.3 Å². The van der Waals surface area contributed by atoms with E-state index < -0.39 is 0 Å². The predicted octanol–water partition coefficient (Wildman–Crippen LogP) is 3.79. The Labute approximate surface area is 115 Å². The van der Waals surface area contributed by atoms with Crippen LogP contribution in [0.5, 0.6) is 0 Å². The molecule has 0 fully saturated rings. The second-order valence-electron chi connectivity index (χ2n) is 4.35. The first kappa shape index (κ1) is 11.8. The molecule has 3 rings (SSSR count). The summed E-state index contributed by atoms with van der Waals surface area (Å²) < 4.78 is 0.730. The van der Waals surface area contributed by atoms with Crippen LogP contribution in [0.1, 0.15) is 20.8 Å². The van der Waals surface area contributed by atoms with Crippen molar-refractivity contribution in [3.63, 3.8) is 0 Å². The van der Waals surface area contributed by atoms with Gasteiger partial charge in [0, 0.05) is 29.1 Å². The Bertz CT molecular complexity index is 606. The van der Waals surface area contributed by atoms with Crippen LogP contribution in [0.3, 0.4) is 0 Å². The molecule has 0 saturated carbocycles. The van der Waals surface area contributed by atoms with Gasteiger partial charge in [-0.25, -0.2) is 0 Å². The Morgan fingerprint density at radius 2 is 2.22 bits per heavy atom. The first-order valence-corrected chi connectivity index (χ1v) is 7.06. The van der Waals surface area contributed by atoms with E-state index in [9.17, 15) is 4.79 Å². The fourth-order valence-corrected chi connectivity index (χ4v) is 3.26. The van der Waals surface area contributed by atoms with Crippen molar-refractivity contribution in [2.45, 2.75) is 12.8 Å². The lowest BCUT2D eigenvalue weighted by atomic mass is 10.0. The van der Waals surface area contributed by atoms with Gasteiger partial charge in [0.05, 0.1) is 4.34 Å². The number of carbonyl (C=O) groups excluding carboxylic acids is 1. The summed E-state index contributed by atoms with van der Waals surface area (Å²) in [6, 6.07) is 9.67. The highest BCUT2D eigenvalue weighted by Crippen LogP contribution is 2.26. The van der Waals surface area contributed by atoms with Gasteiger partial charge in [0.2, 0.25) is 0 Å². The fourth-order valence-electron chi connectivity index (χ4n) is 2.17. The number of hydrogen-bond acceptors (Lipinski definition) is 3. The summed E-state index contributed by atoms with van der Waals surface area (Å²) in [7, 11) is 0. The van der Waals surface area contributed by atoms with Crippen molar-refractivity contribution < 1.29 is 4.79 Å². The molecule has 0 amide bonds. The molecular formula is C14H12ClNOS. The minimum Gasteiger partial charge on any atom is -0.384 e. The van der Waals surface area contributed by atoms with E-state index in [0.717, 1.165) is 33.4 Å². The molecule has 0 unspecified atom stereocenters. The van der Waals surface area contributed by atoms with Gasteiger partial charge in [-0.05, 0) is 30.2 Å². The van der Waals surface area contributed by atoms with Gasteiger partial charge in [-0.1, -0.05) is 23.7 Å². The number of Topliss-reactive ketones (excluding diaryl/α,β-unsaturated/α-hetero) is 1. The Morgan fingerprint density at radius 1 is 1.33 bits per heavy atom. The molecule has 1 aliphatic heterocycles. The maximum Gasteiger partial charge on any atom is 0.168 e. The minimum absolute atomic E-state index is 0.144. The summed E-state index contributed by atoms with van der Waals surface area (Å²) >= 11 is 7.33. The van der Waals surface area contributed by atoms with Gasteiger partial charge < -0.3 is 5.32 Å². The number of ketones is 1. The van der Waals surface area contributed by atoms with Crippen molar-refractivity contribution in [2.75, 3.05) is 11.9 Å². The minimum atomic E-state index is 0.144. The van der Waals surface area contributed by atoms with Crippen LogP contribution in [0.25, 0.3) is 0 Å². The van der Waals surface area contributed by atoms with Crippen LogP contribution >= 0.6 is 22.9 Å². The topological polar surface area (TPSA) is 29.1 Å². The predicted molar refractivity (Wildman–Crippen MR) is 76.0 cm³/mol. The standard InChI is InChI=1S/C14H12ClNOS/c15-14-4-3-11(18-14)8-13(17)10-2-1-9-5-6-16-12(9)7-10/h1-4,7,16H,5-6,8H2. The molecule has 2 heterocycles. The molecule has 0 atom stereocenters. The van der Waals surface area contributed by atoms with E-state index in [0.29, 0.717) is 6.42 Å². The van der Waals surface area contributed by atoms with Crippen molar-refractivity contribution >= 4 is 34.4 Å². The summed E-state index contributed by atoms with van der Waals surface area (Å²) in [5.74, 6) is 0.144. The highest BCUT2D eigenvalue weighted by atomic mass is 35.5. The smallest absolute Gasteiger partial charge is 0.168 e. The fraction of sp³-hybridized carbons (Fsp3) is 0.214. The number of rotatable bonds is 3. The van der Waals surface area contributed by atoms with E-state index in [2.05, 4.69) is 5.32 Å². The normalized spacial score (nSPS) is 13.2. The molecule has 2 aromatic rings. The molecule has 0 aliphatic carbocycles. The number of thiophene rings is 1. The quantitative estimate of drug-likeness (QED) is 0.865. The van der Waals surface area contributed by atoms with Gasteiger partial charge in [0.15, 0.2) is 5.78 Å². The first-order chi connectivity index (χ1) is 8.72. The zero-order chi connectivity index (χ0) is 12.5. The molecule has 0 bridgehead atoms. The van der Waals surface area contributed by atoms with Gasteiger partial charge in [0.25, 0.3) is 0 Å². The Hall–Kier alpha value is -1.32. The number of carbonyl (C=O) groups is 1. The van der Waals surface area contributed by atoms with Crippen LogP contribution in [0.2, 0.25) is 4.34 Å². The second kappa shape index (κ2) is 4.75. The van der Waals surface area contributed by atoms with E-state index in [1.165, 1.54) is 16.9 Å². The third-order valence-electron chi connectivity index (χ3n) is 3.11. The van der Waals surface area contributed by atoms with Gasteiger partial charge in [-0.15, -0.1) is 11.3 Å². The molecule has 1 N–H and O–H groups in total. The van der Waals surface area contributed by atoms with Crippen LogP contribution in [-0.2, 0) is 12.8 Å². The van der Waals surface area contributed by atoms with E-state index in [1.54, 1.807) is 0 Å². The molecule has 0 radical (unpaired) electrons. The molecule has 0 saturated heterocycles. The lowest BCUT2D eigenvalue weighted by molar-refractivity contribution is 0.0994. The molecule has 18 heavy (non-hydrogen) atoms. The SMILES string of the molecule is O=C(Cc1ccc(Cl)s1)c1ccc2c(c1)NCC2. The lowest BCUT2D eigenvalue weighted by Gasteiger charge is -2.03. The summed E-state index contributed by atoms with van der Waals surface area (Å²) in [5.41, 5.74) is 3.17. The van der Waals surface area contributed by atoms with Crippen molar-refractivity contribution in [2.24, 2.45) is 0 Å². The maximum atomic E-state index is 12.2. The third-order valence-corrected chi connectivity index (χ3v) is 4.34. The zero-order valence-corrected chi connectivity index (χ0v) is 11.3. The van der Waals surface area contributed by atoms with Crippen molar-refractivity contribution in [1.29, 1.82) is 0 Å². The molecule has 1 aromatic heterocycles. The molecule has 1 aliphatic rings. The van der Waals surface area contributed by atoms with E-state index in [4.69, 9.17) is 11.6 Å². The first-order valence-electron chi connectivity index (χ1n) is 5.86. The van der Waals surface area contributed by atoms with Crippen LogP contribution < -0.4 is 5.32 Å². The molecule has 4 heteroatoms. The monoisotopic (exact) mass is 277 g/mol. The van der Waals surface area contributed by atoms with E-state index in [1.807, 2.05) is 30.3 Å². The summed E-state index contributed by atoms with van der Waals surface area (Å²) in [6.07, 6.45) is 1.47. The summed E-state index contributed by atoms with van der Waals surface area (Å²) in [5, 5.41) is 3.29. The molecule has 2 nitrogen and oxygen atoms in total. The van der Waals surface area contributed by atoms with E-state index in [-0.39, 0.29) is 5.78 Å². The number of hydrogen-bond donors (Lipinski definition) is 1. The Morgan fingerprint density at radius 3 is 3.00 bits per heavy atom. The van der Waals surface area contributed by atoms with Gasteiger partial charge in [-0.2, -0.15) is 0 Å². The van der Waals surface area contributed by atoms with Crippen molar-refractivity contribution in [3.8, 4) is 0 Å². The summed E-state index contributed by atoms with van der Waals surface area (Å²) in [4.78, 5) is 13.2. The molecule has 1 aromatic carbocycles. The maximum absolute atomic E-state index is 12.2. The Balaban J connectivity index is 1.80. The number of nitrogens with one attached hydrogen (secondary N) is 1. The lowest BCUT2D eigenvalue weighted by Crippen LogP contribution is -2.02. The van der Waals surface area contributed by atoms with Crippen LogP contribution in [0.4, 0.5) is 5.69 Å². The highest BCUT2D eigenvalue weighted by molar-refractivity contribution is 7.16. The average Bonchev–Trinajstić information content (AvgIpc) is 2.96. The molecule has 92 valence electrons. The largest absolute Gasteiger partial charge is 0.384 e. The van der Waals surface area contributed by atoms with Gasteiger partial charge in [-0.3, -0.25) is 4.79 Å². The number of halogens is 1. The van der Waals surface area contributed by atoms with Crippen molar-refractivity contribution in [3.05, 3.63) is 50.7 Å². The Kier molecular flexibility index (Phi) is 3.10. The van der Waals surface area contributed by atoms with E-state index >= 15 is 0 Å². The van der Waals surface area contributed by atoms with Crippen LogP contribution in [0.15, 0.2) is 30.3 Å². The van der Waals surface area contributed by atoms with Crippen molar-refractivity contribution in [1.82, 2.24) is 0 Å². The molecule has 0 spiro atoms. The number of fused-ring (bicyclic) bond motifs is 1. The molecular weight excluding hydrogens is 266 g/mol. The highest BCUT2D eigenvalue weighted by Gasteiger charge is 2.14. The van der Waals surface area contributed by atoms with Gasteiger partial charge in [0.1, 0.15) is 0 Å². The third kappa shape index (κ3) is 2.28. The number of benzene rings is 1. The van der Waals surface area contributed by atoms with Gasteiger partial charge >= 0.3 is 0 Å². The second-order valence-corrected chi connectivity index (χ2v) is 6.15.